The van der Waals surface area contributed by atoms with E-state index in [9.17, 15) is 18.8 Å². The van der Waals surface area contributed by atoms with E-state index >= 15 is 0 Å². The van der Waals surface area contributed by atoms with Crippen molar-refractivity contribution in [2.45, 2.75) is 13.3 Å². The summed E-state index contributed by atoms with van der Waals surface area (Å²) in [6.45, 7) is 7.48. The smallest absolute Gasteiger partial charge is 0.231 e. The summed E-state index contributed by atoms with van der Waals surface area (Å²) in [5.74, 6) is -0.499. The lowest BCUT2D eigenvalue weighted by molar-refractivity contribution is -0.129. The Balaban J connectivity index is 1.28. The lowest BCUT2D eigenvalue weighted by Gasteiger charge is -2.35. The Morgan fingerprint density at radius 2 is 1.58 bits per heavy atom. The first-order valence-electron chi connectivity index (χ1n) is 12.9. The van der Waals surface area contributed by atoms with Crippen LogP contribution >= 0.6 is 0 Å². The molecule has 38 heavy (non-hydrogen) atoms. The fourth-order valence-corrected chi connectivity index (χ4v) is 5.02. The number of benzene rings is 2. The first-order valence-corrected chi connectivity index (χ1v) is 12.9. The Kier molecular flexibility index (Phi) is 7.33. The van der Waals surface area contributed by atoms with Gasteiger partial charge in [0.2, 0.25) is 11.8 Å². The summed E-state index contributed by atoms with van der Waals surface area (Å²) >= 11 is 0. The number of fused-ring (bicyclic) bond motifs is 1. The molecule has 0 saturated carbocycles. The summed E-state index contributed by atoms with van der Waals surface area (Å²) in [7, 11) is 2.03. The Bertz CT molecular complexity index is 1390. The van der Waals surface area contributed by atoms with Crippen LogP contribution in [0.3, 0.4) is 0 Å². The predicted molar refractivity (Wildman–Crippen MR) is 145 cm³/mol. The van der Waals surface area contributed by atoms with Gasteiger partial charge in [-0.1, -0.05) is 0 Å². The van der Waals surface area contributed by atoms with Crippen LogP contribution in [-0.4, -0.2) is 81.0 Å². The summed E-state index contributed by atoms with van der Waals surface area (Å²) in [4.78, 5) is 45.4. The Morgan fingerprint density at radius 1 is 0.921 bits per heavy atom. The van der Waals surface area contributed by atoms with Gasteiger partial charge in [0, 0.05) is 82.8 Å². The zero-order valence-electron chi connectivity index (χ0n) is 21.7. The quantitative estimate of drug-likeness (QED) is 0.552. The summed E-state index contributed by atoms with van der Waals surface area (Å²) in [5, 5.41) is 3.02. The van der Waals surface area contributed by atoms with Gasteiger partial charge in [-0.3, -0.25) is 14.4 Å². The number of hydrogen-bond acceptors (Lipinski definition) is 7. The second-order valence-corrected chi connectivity index (χ2v) is 9.93. The third kappa shape index (κ3) is 5.65. The molecule has 3 heterocycles. The maximum atomic E-state index is 14.4. The van der Waals surface area contributed by atoms with Gasteiger partial charge in [-0.15, -0.1) is 0 Å². The van der Waals surface area contributed by atoms with E-state index in [-0.39, 0.29) is 34.8 Å². The molecule has 3 aromatic rings. The number of carbonyl (C=O) groups excluding carboxylic acids is 2. The van der Waals surface area contributed by atoms with Gasteiger partial charge in [-0.25, -0.2) is 4.39 Å². The average Bonchev–Trinajstić information content (AvgIpc) is 2.90. The lowest BCUT2D eigenvalue weighted by atomic mass is 10.1. The lowest BCUT2D eigenvalue weighted by Crippen LogP contribution is -2.48. The van der Waals surface area contributed by atoms with Crippen molar-refractivity contribution >= 4 is 39.8 Å². The Morgan fingerprint density at radius 3 is 2.24 bits per heavy atom. The van der Waals surface area contributed by atoms with Gasteiger partial charge in [0.15, 0.2) is 11.0 Å². The van der Waals surface area contributed by atoms with Crippen LogP contribution in [0.15, 0.2) is 51.7 Å². The van der Waals surface area contributed by atoms with Gasteiger partial charge in [0.1, 0.15) is 11.6 Å². The van der Waals surface area contributed by atoms with Crippen LogP contribution in [0.25, 0.3) is 11.0 Å². The van der Waals surface area contributed by atoms with Crippen LogP contribution in [-0.2, 0) is 16.0 Å². The minimum Gasteiger partial charge on any atom is -0.458 e. The molecule has 2 aromatic carbocycles. The molecule has 0 bridgehead atoms. The maximum Gasteiger partial charge on any atom is 0.231 e. The molecule has 2 saturated heterocycles. The second kappa shape index (κ2) is 10.8. The van der Waals surface area contributed by atoms with Crippen LogP contribution in [0.5, 0.6) is 0 Å². The highest BCUT2D eigenvalue weighted by molar-refractivity contribution is 5.93. The highest BCUT2D eigenvalue weighted by Crippen LogP contribution is 2.29. The van der Waals surface area contributed by atoms with Crippen molar-refractivity contribution in [3.63, 3.8) is 0 Å². The van der Waals surface area contributed by atoms with Crippen molar-refractivity contribution in [2.24, 2.45) is 0 Å². The van der Waals surface area contributed by atoms with Crippen molar-refractivity contribution in [3.8, 4) is 0 Å². The largest absolute Gasteiger partial charge is 0.458 e. The van der Waals surface area contributed by atoms with Crippen LogP contribution in [0.1, 0.15) is 12.7 Å². The van der Waals surface area contributed by atoms with Crippen molar-refractivity contribution in [2.75, 3.05) is 74.5 Å². The molecule has 0 aliphatic carbocycles. The van der Waals surface area contributed by atoms with E-state index < -0.39 is 5.82 Å². The van der Waals surface area contributed by atoms with E-state index in [1.54, 1.807) is 6.92 Å². The first-order chi connectivity index (χ1) is 18.3. The fraction of sp³-hybridized carbons (Fsp3) is 0.393. The highest BCUT2D eigenvalue weighted by atomic mass is 19.1. The van der Waals surface area contributed by atoms with Gasteiger partial charge in [0.05, 0.1) is 17.5 Å². The molecular weight excluding hydrogens is 489 g/mol. The molecule has 9 nitrogen and oxygen atoms in total. The molecule has 1 N–H and O–H groups in total. The zero-order chi connectivity index (χ0) is 26.8. The monoisotopic (exact) mass is 521 g/mol. The van der Waals surface area contributed by atoms with Crippen LogP contribution in [0, 0.1) is 5.82 Å². The van der Waals surface area contributed by atoms with E-state index in [0.717, 1.165) is 31.9 Å². The molecule has 0 atom stereocenters. The highest BCUT2D eigenvalue weighted by Gasteiger charge is 2.21. The number of likely N-dealkylation sites (N-methyl/N-ethyl adjacent to an activating group) is 1. The third-order valence-corrected chi connectivity index (χ3v) is 7.24. The number of nitrogens with one attached hydrogen (secondary N) is 1. The van der Waals surface area contributed by atoms with Crippen LogP contribution < -0.4 is 20.5 Å². The molecular formula is C28H32FN5O4. The number of rotatable bonds is 5. The molecule has 0 radical (unpaired) electrons. The molecule has 10 heteroatoms. The topological polar surface area (TPSA) is 89.3 Å². The Labute approximate surface area is 220 Å². The fourth-order valence-electron chi connectivity index (χ4n) is 5.02. The van der Waals surface area contributed by atoms with Gasteiger partial charge < -0.3 is 29.3 Å². The number of carbonyl (C=O) groups is 2. The molecule has 2 aliphatic heterocycles. The molecule has 1 aromatic heterocycles. The normalized spacial score (nSPS) is 16.7. The van der Waals surface area contributed by atoms with Crippen molar-refractivity contribution < 1.29 is 18.4 Å². The minimum absolute atomic E-state index is 0.0904. The van der Waals surface area contributed by atoms with Gasteiger partial charge in [-0.2, -0.15) is 0 Å². The average molecular weight is 522 g/mol. The molecule has 200 valence electrons. The number of nitrogens with zero attached hydrogens (tertiary/aromatic N) is 4. The predicted octanol–water partition coefficient (Wildman–Crippen LogP) is 2.53. The number of amides is 2. The van der Waals surface area contributed by atoms with Gasteiger partial charge >= 0.3 is 0 Å². The second-order valence-electron chi connectivity index (χ2n) is 9.93. The molecule has 2 fully saturated rings. The number of anilines is 3. The number of halogens is 1. The summed E-state index contributed by atoms with van der Waals surface area (Å²) in [5.41, 5.74) is 2.12. The molecule has 2 aliphatic rings. The van der Waals surface area contributed by atoms with E-state index in [0.29, 0.717) is 43.1 Å². The van der Waals surface area contributed by atoms with Crippen molar-refractivity contribution in [1.82, 2.24) is 9.80 Å². The van der Waals surface area contributed by atoms with E-state index in [1.165, 1.54) is 18.2 Å². The zero-order valence-corrected chi connectivity index (χ0v) is 21.7. The molecule has 0 spiro atoms. The van der Waals surface area contributed by atoms with Crippen LogP contribution in [0.4, 0.5) is 21.5 Å². The van der Waals surface area contributed by atoms with E-state index in [1.807, 2.05) is 41.1 Å². The third-order valence-electron chi connectivity index (χ3n) is 7.24. The van der Waals surface area contributed by atoms with Crippen molar-refractivity contribution in [3.05, 3.63) is 64.3 Å². The molecule has 0 unspecified atom stereocenters. The van der Waals surface area contributed by atoms with Crippen molar-refractivity contribution in [1.29, 1.82) is 0 Å². The molecule has 2 amide bonds. The number of piperazine rings is 2. The summed E-state index contributed by atoms with van der Waals surface area (Å²) in [6, 6.07) is 11.4. The summed E-state index contributed by atoms with van der Waals surface area (Å²) < 4.78 is 20.4. The first kappa shape index (κ1) is 25.7. The summed E-state index contributed by atoms with van der Waals surface area (Å²) in [6.07, 6.45) is -0.126. The standard InChI is InChI=1S/C28H32FN5O4/c1-19(35)32-11-13-33(14-12-32)22-5-3-21(4-6-22)30-27(37)18-23-17-26(36)24-15-20(29)16-25(28(24)38-23)34-9-7-31(2)8-10-34/h3-6,15-17H,7-14,18H2,1-2H3,(H,30,37). The molecule has 5 rings (SSSR count). The van der Waals surface area contributed by atoms with E-state index in [4.69, 9.17) is 4.42 Å². The van der Waals surface area contributed by atoms with Gasteiger partial charge in [0.25, 0.3) is 0 Å². The van der Waals surface area contributed by atoms with Crippen LogP contribution in [0.2, 0.25) is 0 Å². The Hall–Kier alpha value is -3.92. The SMILES string of the molecule is CC(=O)N1CCN(c2ccc(NC(=O)Cc3cc(=O)c4cc(F)cc(N5CCN(C)CC5)c4o3)cc2)CC1. The number of hydrogen-bond donors (Lipinski definition) is 1. The maximum absolute atomic E-state index is 14.4. The van der Waals surface area contributed by atoms with Gasteiger partial charge in [-0.05, 0) is 37.4 Å². The minimum atomic E-state index is -0.492. The van der Waals surface area contributed by atoms with E-state index in [2.05, 4.69) is 15.1 Å².